The minimum absolute atomic E-state index is 0.0161. The summed E-state index contributed by atoms with van der Waals surface area (Å²) < 4.78 is 26.3. The summed E-state index contributed by atoms with van der Waals surface area (Å²) in [4.78, 5) is 24.6. The number of halogens is 1. The zero-order valence-corrected chi connectivity index (χ0v) is 21.1. The summed E-state index contributed by atoms with van der Waals surface area (Å²) in [5.74, 6) is -0.332. The highest BCUT2D eigenvalue weighted by molar-refractivity contribution is 7.89. The van der Waals surface area contributed by atoms with Crippen LogP contribution in [0.1, 0.15) is 43.7 Å². The summed E-state index contributed by atoms with van der Waals surface area (Å²) in [7, 11) is -1.43. The molecule has 0 bridgehead atoms. The van der Waals surface area contributed by atoms with E-state index in [0.29, 0.717) is 5.92 Å². The van der Waals surface area contributed by atoms with Crippen molar-refractivity contribution in [2.24, 2.45) is 5.92 Å². The highest BCUT2D eigenvalue weighted by atomic mass is 35.5. The van der Waals surface area contributed by atoms with Crippen LogP contribution in [0.3, 0.4) is 0 Å². The van der Waals surface area contributed by atoms with Crippen LogP contribution < -0.4 is 21.5 Å². The third-order valence-electron chi connectivity index (χ3n) is 6.57. The Morgan fingerprint density at radius 1 is 0.971 bits per heavy atom. The molecule has 1 saturated carbocycles. The molecule has 1 fully saturated rings. The molecule has 0 amide bonds. The van der Waals surface area contributed by atoms with E-state index < -0.39 is 31.5 Å². The quantitative estimate of drug-likeness (QED) is 0.300. The van der Waals surface area contributed by atoms with Gasteiger partial charge in [0.15, 0.2) is 5.75 Å². The third kappa shape index (κ3) is 4.80. The number of aromatic hydroxyl groups is 1. The molecule has 3 aromatic carbocycles. The van der Waals surface area contributed by atoms with Gasteiger partial charge in [0.25, 0.3) is 10.9 Å². The van der Waals surface area contributed by atoms with Crippen LogP contribution in [0, 0.1) is 5.92 Å². The highest BCUT2D eigenvalue weighted by Gasteiger charge is 2.31. The van der Waals surface area contributed by atoms with Crippen LogP contribution in [0.5, 0.6) is 5.75 Å². The number of hydrogen-bond acceptors (Lipinski definition) is 7. The van der Waals surface area contributed by atoms with Crippen LogP contribution in [-0.4, -0.2) is 31.9 Å². The van der Waals surface area contributed by atoms with Gasteiger partial charge in [-0.25, -0.2) is 12.7 Å². The molecule has 1 unspecified atom stereocenters. The van der Waals surface area contributed by atoms with Gasteiger partial charge in [-0.15, -0.1) is 0 Å². The van der Waals surface area contributed by atoms with E-state index in [1.165, 1.54) is 32.6 Å². The van der Waals surface area contributed by atoms with Crippen molar-refractivity contribution in [3.8, 4) is 5.75 Å². The molecule has 4 rings (SSSR count). The first-order valence-electron chi connectivity index (χ1n) is 11.5. The van der Waals surface area contributed by atoms with E-state index in [1.807, 2.05) is 30.3 Å². The van der Waals surface area contributed by atoms with Crippen molar-refractivity contribution in [3.05, 3.63) is 73.5 Å². The first-order valence-corrected chi connectivity index (χ1v) is 13.3. The average Bonchev–Trinajstić information content (AvgIpc) is 2.85. The van der Waals surface area contributed by atoms with Gasteiger partial charge in [0.1, 0.15) is 16.3 Å². The van der Waals surface area contributed by atoms with Crippen LogP contribution in [0.2, 0.25) is 5.02 Å². The van der Waals surface area contributed by atoms with Crippen LogP contribution in [0.25, 0.3) is 0 Å². The number of benzene rings is 2. The largest absolute Gasteiger partial charge is 0.504 e. The zero-order valence-electron chi connectivity index (χ0n) is 19.5. The Kier molecular flexibility index (Phi) is 7.21. The van der Waals surface area contributed by atoms with Gasteiger partial charge < -0.3 is 15.7 Å². The van der Waals surface area contributed by atoms with E-state index in [1.54, 1.807) is 0 Å². The first-order chi connectivity index (χ1) is 16.6. The maximum absolute atomic E-state index is 12.7. The number of sulfonamides is 1. The predicted octanol–water partition coefficient (Wildman–Crippen LogP) is 4.37. The summed E-state index contributed by atoms with van der Waals surface area (Å²) in [6.45, 7) is 0. The lowest BCUT2D eigenvalue weighted by Gasteiger charge is -2.33. The maximum Gasteiger partial charge on any atom is 0.253 e. The summed E-state index contributed by atoms with van der Waals surface area (Å²) in [5, 5.41) is 16.6. The minimum atomic E-state index is -4.06. The van der Waals surface area contributed by atoms with E-state index in [4.69, 9.17) is 11.6 Å². The molecule has 0 saturated heterocycles. The zero-order chi connectivity index (χ0) is 25.3. The normalized spacial score (nSPS) is 15.9. The molecule has 10 heteroatoms. The first kappa shape index (κ1) is 25.2. The Bertz CT molecular complexity index is 1390. The van der Waals surface area contributed by atoms with Gasteiger partial charge in [-0.3, -0.25) is 9.59 Å². The van der Waals surface area contributed by atoms with E-state index in [0.717, 1.165) is 35.6 Å². The molecule has 0 spiro atoms. The molecule has 0 aromatic heterocycles. The Labute approximate surface area is 209 Å². The van der Waals surface area contributed by atoms with Gasteiger partial charge in [-0.05, 0) is 36.5 Å². The van der Waals surface area contributed by atoms with Crippen molar-refractivity contribution in [2.75, 3.05) is 24.7 Å². The molecule has 35 heavy (non-hydrogen) atoms. The lowest BCUT2D eigenvalue weighted by Crippen LogP contribution is -2.38. The molecule has 8 nitrogen and oxygen atoms in total. The monoisotopic (exact) mass is 517 g/mol. The second-order valence-electron chi connectivity index (χ2n) is 9.02. The Morgan fingerprint density at radius 3 is 2.23 bits per heavy atom. The molecular formula is C25H28ClN3O5S. The summed E-state index contributed by atoms with van der Waals surface area (Å²) in [5.41, 5.74) is -0.308. The van der Waals surface area contributed by atoms with E-state index >= 15 is 0 Å². The van der Waals surface area contributed by atoms with Crippen molar-refractivity contribution in [1.29, 1.82) is 0 Å². The van der Waals surface area contributed by atoms with Crippen molar-refractivity contribution < 1.29 is 13.5 Å². The second kappa shape index (κ2) is 10.0. The lowest BCUT2D eigenvalue weighted by molar-refractivity contribution is 0.321. The third-order valence-corrected chi connectivity index (χ3v) is 8.89. The topological polar surface area (TPSA) is 116 Å². The second-order valence-corrected chi connectivity index (χ2v) is 11.5. The van der Waals surface area contributed by atoms with Crippen molar-refractivity contribution in [3.63, 3.8) is 0 Å². The molecule has 1 aliphatic rings. The molecule has 0 aliphatic heterocycles. The smallest absolute Gasteiger partial charge is 0.253 e. The van der Waals surface area contributed by atoms with Crippen LogP contribution in [0.4, 0.5) is 17.1 Å². The fourth-order valence-corrected chi connectivity index (χ4v) is 6.09. The van der Waals surface area contributed by atoms with E-state index in [2.05, 4.69) is 10.6 Å². The van der Waals surface area contributed by atoms with Crippen molar-refractivity contribution in [1.82, 2.24) is 4.31 Å². The van der Waals surface area contributed by atoms with Gasteiger partial charge in [-0.1, -0.05) is 61.2 Å². The Morgan fingerprint density at radius 2 is 1.60 bits per heavy atom. The van der Waals surface area contributed by atoms with E-state index in [-0.39, 0.29) is 28.1 Å². The van der Waals surface area contributed by atoms with E-state index in [9.17, 15) is 23.1 Å². The van der Waals surface area contributed by atoms with Gasteiger partial charge >= 0.3 is 0 Å². The standard InChI is InChI=1S/C25H28ClN3O5S/c1-29(2)35(33,34)25-17(26)13-14-18(22(25)30)27-20-21(24(32)23(20)31)28-19(15-9-5-3-6-10-15)16-11-7-4-8-12-16/h3,5-6,9-10,13-14,16,19,27-28,30H,4,7-8,11-12H2,1-2H3. The number of phenols is 1. The number of hydrogen-bond donors (Lipinski definition) is 3. The fourth-order valence-electron chi connectivity index (χ4n) is 4.62. The average molecular weight is 518 g/mol. The maximum atomic E-state index is 12.7. The van der Waals surface area contributed by atoms with Crippen molar-refractivity contribution in [2.45, 2.75) is 43.0 Å². The number of nitrogens with one attached hydrogen (secondary N) is 2. The van der Waals surface area contributed by atoms with Crippen LogP contribution in [-0.2, 0) is 10.0 Å². The molecule has 3 aromatic rings. The van der Waals surface area contributed by atoms with Gasteiger partial charge in [0.2, 0.25) is 10.0 Å². The molecule has 0 heterocycles. The number of anilines is 3. The number of phenolic OH excluding ortho intramolecular Hbond substituents is 1. The molecule has 0 radical (unpaired) electrons. The summed E-state index contributed by atoms with van der Waals surface area (Å²) in [6, 6.07) is 12.3. The summed E-state index contributed by atoms with van der Waals surface area (Å²) >= 11 is 6.08. The minimum Gasteiger partial charge on any atom is -0.504 e. The molecule has 1 aliphatic carbocycles. The van der Waals surface area contributed by atoms with Gasteiger partial charge in [-0.2, -0.15) is 0 Å². The molecule has 186 valence electrons. The van der Waals surface area contributed by atoms with Crippen LogP contribution >= 0.6 is 11.6 Å². The summed E-state index contributed by atoms with van der Waals surface area (Å²) in [6.07, 6.45) is 5.41. The van der Waals surface area contributed by atoms with Gasteiger partial charge in [0.05, 0.1) is 16.8 Å². The number of rotatable bonds is 8. The van der Waals surface area contributed by atoms with Crippen LogP contribution in [0.15, 0.2) is 56.9 Å². The molecule has 3 N–H and O–H groups in total. The lowest BCUT2D eigenvalue weighted by atomic mass is 9.81. The fraction of sp³-hybridized carbons (Fsp3) is 0.360. The highest BCUT2D eigenvalue weighted by Crippen LogP contribution is 2.41. The Hall–Kier alpha value is -2.88. The Balaban J connectivity index is 1.70. The van der Waals surface area contributed by atoms with Gasteiger partial charge in [0, 0.05) is 14.1 Å². The molecular weight excluding hydrogens is 490 g/mol. The molecule has 1 atom stereocenters. The predicted molar refractivity (Wildman–Crippen MR) is 138 cm³/mol. The SMILES string of the molecule is CN(C)S(=O)(=O)c1c(Cl)ccc(Nc2c(NC(c3ccccc3)C3CCCCC3)c(=O)c2=O)c1O. The number of nitrogens with zero attached hydrogens (tertiary/aromatic N) is 1. The van der Waals surface area contributed by atoms with Crippen molar-refractivity contribution >= 4 is 38.7 Å².